The molecule has 0 aliphatic rings. The molecule has 0 fully saturated rings. The summed E-state index contributed by atoms with van der Waals surface area (Å²) in [5, 5.41) is 17.9. The van der Waals surface area contributed by atoms with Gasteiger partial charge in [0.1, 0.15) is 0 Å². The van der Waals surface area contributed by atoms with Crippen LogP contribution in [-0.2, 0) is 6.54 Å². The molecule has 3 aromatic rings. The van der Waals surface area contributed by atoms with Crippen molar-refractivity contribution in [3.8, 4) is 0 Å². The lowest BCUT2D eigenvalue weighted by atomic mass is 10.2. The van der Waals surface area contributed by atoms with Gasteiger partial charge in [-0.25, -0.2) is 5.43 Å². The van der Waals surface area contributed by atoms with Crippen molar-refractivity contribution in [2.75, 3.05) is 5.32 Å². The van der Waals surface area contributed by atoms with Gasteiger partial charge in [-0.05, 0) is 29.8 Å². The average Bonchev–Trinajstić information content (AvgIpc) is 2.73. The molecule has 0 aliphatic carbocycles. The first-order chi connectivity index (χ1) is 13.6. The molecule has 0 saturated heterocycles. The van der Waals surface area contributed by atoms with Crippen molar-refractivity contribution in [3.05, 3.63) is 106 Å². The van der Waals surface area contributed by atoms with E-state index in [1.54, 1.807) is 24.3 Å². The number of hydrazone groups is 1. The van der Waals surface area contributed by atoms with Crippen LogP contribution in [0.5, 0.6) is 0 Å². The second kappa shape index (κ2) is 9.09. The number of carbonyl (C=O) groups excluding carboxylic acids is 1. The highest BCUT2D eigenvalue weighted by atomic mass is 16.6. The van der Waals surface area contributed by atoms with Crippen molar-refractivity contribution in [2.45, 2.75) is 6.54 Å². The van der Waals surface area contributed by atoms with E-state index >= 15 is 0 Å². The summed E-state index contributed by atoms with van der Waals surface area (Å²) in [6.45, 7) is 0.694. The summed E-state index contributed by atoms with van der Waals surface area (Å²) in [5.74, 6) is -0.365. The molecule has 0 bridgehead atoms. The second-order valence-electron chi connectivity index (χ2n) is 5.97. The third-order valence-electron chi connectivity index (χ3n) is 3.95. The van der Waals surface area contributed by atoms with E-state index in [1.807, 2.05) is 42.5 Å². The van der Waals surface area contributed by atoms with Crippen molar-refractivity contribution in [1.82, 2.24) is 5.43 Å². The highest BCUT2D eigenvalue weighted by Gasteiger charge is 2.06. The van der Waals surface area contributed by atoms with Crippen LogP contribution in [0.25, 0.3) is 0 Å². The minimum absolute atomic E-state index is 0.0335. The van der Waals surface area contributed by atoms with Crippen LogP contribution in [0.2, 0.25) is 0 Å². The number of rotatable bonds is 7. The lowest BCUT2D eigenvalue weighted by molar-refractivity contribution is -0.384. The number of anilines is 1. The zero-order chi connectivity index (χ0) is 19.8. The minimum Gasteiger partial charge on any atom is -0.381 e. The van der Waals surface area contributed by atoms with Crippen LogP contribution in [0.1, 0.15) is 21.5 Å². The Bertz CT molecular complexity index is 986. The minimum atomic E-state index is -0.483. The standard InChI is InChI=1S/C21H18N4O3/c26-21(24-23-15-17-7-4-8-20(13-17)25(27)28)18-9-11-19(12-10-18)22-14-16-5-2-1-3-6-16/h1-13,15,22H,14H2,(H,24,26)/b23-15-. The van der Waals surface area contributed by atoms with Crippen molar-refractivity contribution in [1.29, 1.82) is 0 Å². The molecule has 2 N–H and O–H groups in total. The number of carbonyl (C=O) groups is 1. The molecule has 28 heavy (non-hydrogen) atoms. The number of benzene rings is 3. The molecular weight excluding hydrogens is 356 g/mol. The highest BCUT2D eigenvalue weighted by Crippen LogP contribution is 2.12. The first-order valence-corrected chi connectivity index (χ1v) is 8.57. The molecule has 0 spiro atoms. The molecule has 7 heteroatoms. The average molecular weight is 374 g/mol. The van der Waals surface area contributed by atoms with E-state index in [0.717, 1.165) is 5.69 Å². The summed E-state index contributed by atoms with van der Waals surface area (Å²) in [5.41, 5.74) is 5.43. The van der Waals surface area contributed by atoms with E-state index in [1.165, 1.54) is 23.9 Å². The molecule has 1 amide bonds. The van der Waals surface area contributed by atoms with E-state index < -0.39 is 4.92 Å². The molecule has 7 nitrogen and oxygen atoms in total. The molecule has 0 unspecified atom stereocenters. The summed E-state index contributed by atoms with van der Waals surface area (Å²) in [4.78, 5) is 22.4. The maximum absolute atomic E-state index is 12.1. The fourth-order valence-corrected chi connectivity index (χ4v) is 2.49. The Hall–Kier alpha value is -4.00. The first kappa shape index (κ1) is 18.8. The van der Waals surface area contributed by atoms with Crippen molar-refractivity contribution in [2.24, 2.45) is 5.10 Å². The topological polar surface area (TPSA) is 96.6 Å². The first-order valence-electron chi connectivity index (χ1n) is 8.57. The molecule has 3 rings (SSSR count). The largest absolute Gasteiger partial charge is 0.381 e. The van der Waals surface area contributed by atoms with E-state index in [0.29, 0.717) is 17.7 Å². The van der Waals surface area contributed by atoms with Gasteiger partial charge in [0.05, 0.1) is 11.1 Å². The van der Waals surface area contributed by atoms with Gasteiger partial charge in [0, 0.05) is 35.5 Å². The molecular formula is C21H18N4O3. The van der Waals surface area contributed by atoms with Gasteiger partial charge < -0.3 is 5.32 Å². The highest BCUT2D eigenvalue weighted by molar-refractivity contribution is 5.95. The van der Waals surface area contributed by atoms with Gasteiger partial charge >= 0.3 is 0 Å². The number of non-ortho nitro benzene ring substituents is 1. The van der Waals surface area contributed by atoms with E-state index in [-0.39, 0.29) is 11.6 Å². The lowest BCUT2D eigenvalue weighted by Crippen LogP contribution is -2.17. The molecule has 0 aliphatic heterocycles. The van der Waals surface area contributed by atoms with Crippen LogP contribution < -0.4 is 10.7 Å². The van der Waals surface area contributed by atoms with Gasteiger partial charge in [-0.2, -0.15) is 5.10 Å². The zero-order valence-electron chi connectivity index (χ0n) is 14.9. The third kappa shape index (κ3) is 5.25. The molecule has 140 valence electrons. The number of nitrogens with one attached hydrogen (secondary N) is 2. The Kier molecular flexibility index (Phi) is 6.10. The SMILES string of the molecule is O=C(N/N=C\c1cccc([N+](=O)[O-])c1)c1ccc(NCc2ccccc2)cc1. The summed E-state index contributed by atoms with van der Waals surface area (Å²) in [6.07, 6.45) is 1.36. The van der Waals surface area contributed by atoms with Gasteiger partial charge in [0.25, 0.3) is 11.6 Å². The van der Waals surface area contributed by atoms with E-state index in [9.17, 15) is 14.9 Å². The van der Waals surface area contributed by atoms with Gasteiger partial charge in [-0.3, -0.25) is 14.9 Å². The second-order valence-corrected chi connectivity index (χ2v) is 5.97. The van der Waals surface area contributed by atoms with Crippen LogP contribution >= 0.6 is 0 Å². The van der Waals surface area contributed by atoms with Gasteiger partial charge in [0.2, 0.25) is 0 Å². The Labute approximate surface area is 161 Å². The Morgan fingerprint density at radius 1 is 1.00 bits per heavy atom. The fourth-order valence-electron chi connectivity index (χ4n) is 2.49. The molecule has 0 heterocycles. The zero-order valence-corrected chi connectivity index (χ0v) is 14.9. The Morgan fingerprint density at radius 2 is 1.75 bits per heavy atom. The number of nitro groups is 1. The molecule has 0 aromatic heterocycles. The maximum atomic E-state index is 12.1. The smallest absolute Gasteiger partial charge is 0.271 e. The van der Waals surface area contributed by atoms with E-state index in [2.05, 4.69) is 15.8 Å². The Balaban J connectivity index is 1.54. The third-order valence-corrected chi connectivity index (χ3v) is 3.95. The number of nitro benzene ring substituents is 1. The van der Waals surface area contributed by atoms with Crippen LogP contribution in [0.3, 0.4) is 0 Å². The summed E-state index contributed by atoms with van der Waals surface area (Å²) >= 11 is 0. The number of nitrogens with zero attached hydrogens (tertiary/aromatic N) is 2. The molecule has 0 radical (unpaired) electrons. The van der Waals surface area contributed by atoms with Crippen molar-refractivity contribution >= 4 is 23.5 Å². The van der Waals surface area contributed by atoms with Gasteiger partial charge in [0.15, 0.2) is 0 Å². The van der Waals surface area contributed by atoms with Crippen LogP contribution in [0, 0.1) is 10.1 Å². The van der Waals surface area contributed by atoms with Crippen molar-refractivity contribution in [3.63, 3.8) is 0 Å². The maximum Gasteiger partial charge on any atom is 0.271 e. The normalized spacial score (nSPS) is 10.6. The fraction of sp³-hybridized carbons (Fsp3) is 0.0476. The molecule has 0 saturated carbocycles. The predicted molar refractivity (Wildman–Crippen MR) is 108 cm³/mol. The van der Waals surface area contributed by atoms with Crippen LogP contribution in [0.15, 0.2) is 84.0 Å². The summed E-state index contributed by atoms with van der Waals surface area (Å²) < 4.78 is 0. The molecule has 0 atom stereocenters. The van der Waals surface area contributed by atoms with Gasteiger partial charge in [-0.1, -0.05) is 42.5 Å². The van der Waals surface area contributed by atoms with E-state index in [4.69, 9.17) is 0 Å². The molecule has 3 aromatic carbocycles. The number of hydrogen-bond acceptors (Lipinski definition) is 5. The van der Waals surface area contributed by atoms with Crippen molar-refractivity contribution < 1.29 is 9.72 Å². The quantitative estimate of drug-likeness (QED) is 0.371. The summed E-state index contributed by atoms with van der Waals surface area (Å²) in [7, 11) is 0. The lowest BCUT2D eigenvalue weighted by Gasteiger charge is -2.07. The van der Waals surface area contributed by atoms with Crippen LogP contribution in [0.4, 0.5) is 11.4 Å². The van der Waals surface area contributed by atoms with Gasteiger partial charge in [-0.15, -0.1) is 0 Å². The predicted octanol–water partition coefficient (Wildman–Crippen LogP) is 3.97. The number of hydrogen-bond donors (Lipinski definition) is 2. The Morgan fingerprint density at radius 3 is 2.46 bits per heavy atom. The van der Waals surface area contributed by atoms with Crippen LogP contribution in [-0.4, -0.2) is 17.0 Å². The monoisotopic (exact) mass is 374 g/mol. The summed E-state index contributed by atoms with van der Waals surface area (Å²) in [6, 6.07) is 23.0. The number of amides is 1.